The number of Topliss-reactive ketones (excluding diaryl/α,β-unsaturated/α-hetero) is 1. The van der Waals surface area contributed by atoms with Gasteiger partial charge in [-0.3, -0.25) is 19.7 Å². The van der Waals surface area contributed by atoms with Gasteiger partial charge in [-0.25, -0.2) is 4.79 Å². The maximum absolute atomic E-state index is 15.4. The zero-order chi connectivity index (χ0) is 41.8. The molecule has 1 heterocycles. The standard InChI is InChI=1S/C47H53N2O7PSi/c1-8-31-55-46(52)45(57(37-20-12-9-13-21-37,38-22-14-10-15-23-38)39-24-16-11-17-25-39)48-42(41(44(48)51)33(2)56-58(6,7)47(3,4)5)40-26-18-19-35(43(40)50)32-34-27-29-36(30-28-34)49(53)54/h8-17,20-25,27-30,32-33,40-42H,1,18-19,26,31H2,2-7H3/b35-32+/t33-,40-,41-,42-/m1/s1. The van der Waals surface area contributed by atoms with Crippen molar-refractivity contribution < 1.29 is 28.5 Å². The number of β-lactam (4-membered cyclic amide) rings is 1. The van der Waals surface area contributed by atoms with Crippen LogP contribution < -0.4 is 15.9 Å². The predicted molar refractivity (Wildman–Crippen MR) is 237 cm³/mol. The molecular formula is C47H53N2O7PSi. The maximum atomic E-state index is 15.4. The Balaban J connectivity index is 1.64. The van der Waals surface area contributed by atoms with Crippen LogP contribution in [0.5, 0.6) is 0 Å². The lowest BCUT2D eigenvalue weighted by Crippen LogP contribution is -2.72. The largest absolute Gasteiger partial charge is 0.457 e. The van der Waals surface area contributed by atoms with E-state index >= 15 is 9.59 Å². The fourth-order valence-electron chi connectivity index (χ4n) is 8.13. The van der Waals surface area contributed by atoms with Crippen LogP contribution in [0.25, 0.3) is 6.08 Å². The number of ketones is 1. The van der Waals surface area contributed by atoms with Gasteiger partial charge in [-0.05, 0) is 89.6 Å². The molecule has 1 aliphatic heterocycles. The summed E-state index contributed by atoms with van der Waals surface area (Å²) in [6.45, 7) is 13.2. The van der Waals surface area contributed by atoms with Gasteiger partial charge in [0.2, 0.25) is 5.91 Å². The van der Waals surface area contributed by atoms with E-state index in [4.69, 9.17) is 9.16 Å². The van der Waals surface area contributed by atoms with Crippen molar-refractivity contribution in [1.82, 2.24) is 4.90 Å². The van der Waals surface area contributed by atoms with E-state index in [-0.39, 0.29) is 34.4 Å². The van der Waals surface area contributed by atoms with Crippen LogP contribution in [0.4, 0.5) is 5.69 Å². The fraction of sp³-hybridized carbons (Fsp3) is 0.319. The number of non-ortho nitro benzene ring substituents is 1. The summed E-state index contributed by atoms with van der Waals surface area (Å²) in [7, 11) is -2.42. The van der Waals surface area contributed by atoms with Crippen molar-refractivity contribution in [2.24, 2.45) is 11.8 Å². The van der Waals surface area contributed by atoms with Crippen molar-refractivity contribution in [1.29, 1.82) is 0 Å². The number of carbonyl (C=O) groups is 3. The Bertz CT molecular complexity index is 2150. The summed E-state index contributed by atoms with van der Waals surface area (Å²) < 4.78 is 13.0. The Hall–Kier alpha value is -5.15. The number of hydrogen-bond acceptors (Lipinski definition) is 7. The van der Waals surface area contributed by atoms with Crippen LogP contribution >= 0.6 is 6.89 Å². The van der Waals surface area contributed by atoms with Gasteiger partial charge < -0.3 is 14.1 Å². The first-order chi connectivity index (χ1) is 27.6. The third-order valence-corrected chi connectivity index (χ3v) is 20.8. The number of ether oxygens (including phenoxy) is 1. The van der Waals surface area contributed by atoms with Gasteiger partial charge in [0.15, 0.2) is 14.1 Å². The molecule has 0 unspecified atom stereocenters. The third-order valence-electron chi connectivity index (χ3n) is 11.9. The first kappa shape index (κ1) is 42.5. The number of allylic oxidation sites excluding steroid dienone is 1. The number of nitro groups is 1. The second kappa shape index (κ2) is 17.4. The van der Waals surface area contributed by atoms with E-state index < -0.39 is 50.1 Å². The van der Waals surface area contributed by atoms with Gasteiger partial charge in [-0.2, -0.15) is 0 Å². The number of nitro benzene ring substituents is 1. The molecule has 4 aromatic rings. The van der Waals surface area contributed by atoms with Crippen molar-refractivity contribution in [3.63, 3.8) is 0 Å². The molecule has 1 saturated carbocycles. The molecule has 4 atom stereocenters. The molecular weight excluding hydrogens is 764 g/mol. The number of likely N-dealkylation sites (tertiary alicyclic amines) is 1. The van der Waals surface area contributed by atoms with Crippen molar-refractivity contribution in [2.45, 2.75) is 77.2 Å². The van der Waals surface area contributed by atoms with E-state index in [0.29, 0.717) is 30.4 Å². The average molecular weight is 817 g/mol. The van der Waals surface area contributed by atoms with Crippen LogP contribution in [-0.4, -0.2) is 60.0 Å². The molecule has 6 rings (SSSR count). The molecule has 1 aliphatic carbocycles. The molecule has 0 radical (unpaired) electrons. The van der Waals surface area contributed by atoms with Crippen molar-refractivity contribution in [3.05, 3.63) is 149 Å². The summed E-state index contributed by atoms with van der Waals surface area (Å²) in [6.07, 6.45) is 4.43. The highest BCUT2D eigenvalue weighted by Gasteiger charge is 2.60. The minimum Gasteiger partial charge on any atom is -0.457 e. The Morgan fingerprint density at radius 2 is 1.43 bits per heavy atom. The van der Waals surface area contributed by atoms with Gasteiger partial charge in [0.25, 0.3) is 5.69 Å². The van der Waals surface area contributed by atoms with E-state index in [1.165, 1.54) is 18.2 Å². The minimum absolute atomic E-state index is 0.0364. The second-order valence-electron chi connectivity index (χ2n) is 16.6. The van der Waals surface area contributed by atoms with E-state index in [1.807, 2.05) is 97.9 Å². The van der Waals surface area contributed by atoms with Crippen LogP contribution in [0.3, 0.4) is 0 Å². The van der Waals surface area contributed by atoms with Gasteiger partial charge in [0, 0.05) is 24.9 Å². The highest BCUT2D eigenvalue weighted by molar-refractivity contribution is 7.96. The summed E-state index contributed by atoms with van der Waals surface area (Å²) in [5.41, 5.74) is 1.42. The number of nitrogens with zero attached hydrogens (tertiary/aromatic N) is 2. The molecule has 2 aliphatic rings. The van der Waals surface area contributed by atoms with Crippen molar-refractivity contribution in [2.75, 3.05) is 6.61 Å². The Morgan fingerprint density at radius 3 is 1.90 bits per heavy atom. The van der Waals surface area contributed by atoms with E-state index in [0.717, 1.165) is 15.9 Å². The third kappa shape index (κ3) is 8.11. The number of esters is 1. The molecule has 0 bridgehead atoms. The molecule has 302 valence electrons. The zero-order valence-corrected chi connectivity index (χ0v) is 36.1. The van der Waals surface area contributed by atoms with Gasteiger partial charge in [0.05, 0.1) is 23.0 Å². The van der Waals surface area contributed by atoms with E-state index in [2.05, 4.69) is 40.4 Å². The van der Waals surface area contributed by atoms with Crippen LogP contribution in [0.2, 0.25) is 18.1 Å². The topological polar surface area (TPSA) is 116 Å². The smallest absolute Gasteiger partial charge is 0.356 e. The van der Waals surface area contributed by atoms with Gasteiger partial charge in [0.1, 0.15) is 12.0 Å². The molecule has 58 heavy (non-hydrogen) atoms. The van der Waals surface area contributed by atoms with Gasteiger partial charge >= 0.3 is 5.97 Å². The second-order valence-corrected chi connectivity index (χ2v) is 24.6. The summed E-state index contributed by atoms with van der Waals surface area (Å²) in [5.74, 6) is -2.44. The molecule has 1 amide bonds. The molecule has 0 spiro atoms. The number of amides is 1. The Kier molecular flexibility index (Phi) is 12.7. The maximum Gasteiger partial charge on any atom is 0.356 e. The van der Waals surface area contributed by atoms with Crippen molar-refractivity contribution in [3.8, 4) is 0 Å². The minimum atomic E-state index is -3.23. The Labute approximate surface area is 343 Å². The van der Waals surface area contributed by atoms with E-state index in [1.54, 1.807) is 23.1 Å². The van der Waals surface area contributed by atoms with Crippen LogP contribution in [0.15, 0.2) is 133 Å². The van der Waals surface area contributed by atoms with Crippen molar-refractivity contribution >= 4 is 66.0 Å². The summed E-state index contributed by atoms with van der Waals surface area (Å²) in [4.78, 5) is 58.0. The summed E-state index contributed by atoms with van der Waals surface area (Å²) in [6, 6.07) is 34.9. The lowest BCUT2D eigenvalue weighted by atomic mass is 9.69. The van der Waals surface area contributed by atoms with Crippen LogP contribution in [-0.2, 0) is 23.5 Å². The SMILES string of the molecule is C=CCOC(=O)C(N1C(=O)[C@H]([C@@H](C)O[Si](C)(C)C(C)(C)C)[C@H]1[C@H]1CCC/C(=C\c2ccc([N+](=O)[O-])cc2)C1=O)=P(c1ccccc1)(c1ccccc1)c1ccccc1. The summed E-state index contributed by atoms with van der Waals surface area (Å²) >= 11 is 0. The van der Waals surface area contributed by atoms with Gasteiger partial charge in [-0.1, -0.05) is 124 Å². The molecule has 9 nitrogen and oxygen atoms in total. The molecule has 11 heteroatoms. The molecule has 0 N–H and O–H groups in total. The van der Waals surface area contributed by atoms with Crippen LogP contribution in [0, 0.1) is 22.0 Å². The molecule has 2 fully saturated rings. The van der Waals surface area contributed by atoms with Gasteiger partial charge in [-0.15, -0.1) is 0 Å². The number of benzene rings is 4. The highest BCUT2D eigenvalue weighted by atomic mass is 31.2. The molecule has 0 aromatic heterocycles. The van der Waals surface area contributed by atoms with Crippen LogP contribution in [0.1, 0.15) is 52.5 Å². The normalized spacial score (nSPS) is 19.9. The first-order valence-electron chi connectivity index (χ1n) is 19.8. The number of carbonyl (C=O) groups excluding carboxylic acids is 3. The average Bonchev–Trinajstić information content (AvgIpc) is 3.20. The fourth-order valence-corrected chi connectivity index (χ4v) is 13.9. The zero-order valence-electron chi connectivity index (χ0n) is 34.2. The molecule has 1 saturated heterocycles. The highest BCUT2D eigenvalue weighted by Crippen LogP contribution is 2.52. The number of hydrogen-bond donors (Lipinski definition) is 0. The lowest BCUT2D eigenvalue weighted by molar-refractivity contribution is -0.384. The summed E-state index contributed by atoms with van der Waals surface area (Å²) in [5, 5.41) is 13.8. The quantitative estimate of drug-likeness (QED) is 0.0195. The predicted octanol–water partition coefficient (Wildman–Crippen LogP) is 8.44. The molecule has 4 aromatic carbocycles. The van der Waals surface area contributed by atoms with E-state index in [9.17, 15) is 14.9 Å². The number of rotatable bonds is 13. The lowest BCUT2D eigenvalue weighted by Gasteiger charge is -2.55. The first-order valence-corrected chi connectivity index (χ1v) is 24.5. The Morgan fingerprint density at radius 1 is 0.914 bits per heavy atom. The monoisotopic (exact) mass is 816 g/mol.